The van der Waals surface area contributed by atoms with Crippen LogP contribution in [0.5, 0.6) is 11.5 Å². The second-order valence-electron chi connectivity index (χ2n) is 5.73. The average Bonchev–Trinajstić information content (AvgIpc) is 2.72. The van der Waals surface area contributed by atoms with Crippen LogP contribution < -0.4 is 14.8 Å². The molecule has 0 heterocycles. The van der Waals surface area contributed by atoms with Crippen LogP contribution in [0.15, 0.2) is 42.5 Å². The van der Waals surface area contributed by atoms with Crippen molar-refractivity contribution in [2.24, 2.45) is 0 Å². The lowest BCUT2D eigenvalue weighted by Crippen LogP contribution is -2.21. The van der Waals surface area contributed by atoms with E-state index >= 15 is 0 Å². The smallest absolute Gasteiger partial charge is 0.338 e. The van der Waals surface area contributed by atoms with Gasteiger partial charge in [-0.25, -0.2) is 9.59 Å². The summed E-state index contributed by atoms with van der Waals surface area (Å²) in [6, 6.07) is 11.1. The van der Waals surface area contributed by atoms with Gasteiger partial charge < -0.3 is 24.3 Å². The summed E-state index contributed by atoms with van der Waals surface area (Å²) in [6.07, 6.45) is 0. The molecule has 0 aromatic heterocycles. The first kappa shape index (κ1) is 21.7. The number of para-hydroxylation sites is 2. The van der Waals surface area contributed by atoms with Gasteiger partial charge in [0.25, 0.3) is 5.91 Å². The van der Waals surface area contributed by atoms with Crippen LogP contribution in [-0.4, -0.2) is 44.8 Å². The Bertz CT molecular complexity index is 843. The highest BCUT2D eigenvalue weighted by Crippen LogP contribution is 2.25. The predicted molar refractivity (Wildman–Crippen MR) is 105 cm³/mol. The van der Waals surface area contributed by atoms with Crippen LogP contribution in [0.4, 0.5) is 5.69 Å². The summed E-state index contributed by atoms with van der Waals surface area (Å²) >= 11 is 0. The van der Waals surface area contributed by atoms with Gasteiger partial charge in [-0.2, -0.15) is 0 Å². The molecule has 0 saturated carbocycles. The van der Waals surface area contributed by atoms with Gasteiger partial charge in [0.1, 0.15) is 0 Å². The van der Waals surface area contributed by atoms with Gasteiger partial charge in [-0.05, 0) is 44.2 Å². The van der Waals surface area contributed by atoms with Gasteiger partial charge in [0, 0.05) is 5.69 Å². The maximum atomic E-state index is 12.3. The quantitative estimate of drug-likeness (QED) is 0.645. The van der Waals surface area contributed by atoms with Crippen molar-refractivity contribution in [2.75, 3.05) is 32.2 Å². The Morgan fingerprint density at radius 3 is 1.93 bits per heavy atom. The van der Waals surface area contributed by atoms with Crippen LogP contribution in [-0.2, 0) is 14.3 Å². The molecule has 0 spiro atoms. The number of esters is 2. The predicted octanol–water partition coefficient (Wildman–Crippen LogP) is 3.07. The first-order valence-corrected chi connectivity index (χ1v) is 9.03. The summed E-state index contributed by atoms with van der Waals surface area (Å²) in [7, 11) is 1.50. The fourth-order valence-corrected chi connectivity index (χ4v) is 2.44. The van der Waals surface area contributed by atoms with Crippen molar-refractivity contribution in [2.45, 2.75) is 13.8 Å². The number of methoxy groups -OCH3 is 1. The Balaban J connectivity index is 2.15. The Labute approximate surface area is 168 Å². The van der Waals surface area contributed by atoms with Crippen molar-refractivity contribution in [1.82, 2.24) is 0 Å². The molecule has 0 aliphatic heterocycles. The van der Waals surface area contributed by atoms with E-state index in [1.165, 1.54) is 25.3 Å². The number of hydrogen-bond donors (Lipinski definition) is 1. The van der Waals surface area contributed by atoms with Gasteiger partial charge in [0.2, 0.25) is 0 Å². The number of amides is 1. The first-order valence-electron chi connectivity index (χ1n) is 9.03. The zero-order valence-electron chi connectivity index (χ0n) is 16.5. The fourth-order valence-electron chi connectivity index (χ4n) is 2.44. The minimum Gasteiger partial charge on any atom is -0.493 e. The van der Waals surface area contributed by atoms with Crippen LogP contribution in [0.1, 0.15) is 34.6 Å². The van der Waals surface area contributed by atoms with E-state index < -0.39 is 17.8 Å². The summed E-state index contributed by atoms with van der Waals surface area (Å²) in [5, 5.41) is 2.60. The molecule has 0 radical (unpaired) electrons. The second kappa shape index (κ2) is 10.7. The number of carbonyl (C=O) groups excluding carboxylic acids is 3. The molecule has 8 nitrogen and oxygen atoms in total. The molecular formula is C21H23NO7. The van der Waals surface area contributed by atoms with Crippen LogP contribution in [0, 0.1) is 0 Å². The molecule has 0 atom stereocenters. The van der Waals surface area contributed by atoms with E-state index in [1.54, 1.807) is 38.1 Å². The summed E-state index contributed by atoms with van der Waals surface area (Å²) < 4.78 is 20.6. The molecule has 0 aliphatic rings. The zero-order chi connectivity index (χ0) is 21.2. The second-order valence-corrected chi connectivity index (χ2v) is 5.73. The van der Waals surface area contributed by atoms with Crippen molar-refractivity contribution >= 4 is 23.5 Å². The summed E-state index contributed by atoms with van der Waals surface area (Å²) in [5.41, 5.74) is 0.490. The normalized spacial score (nSPS) is 10.0. The van der Waals surface area contributed by atoms with E-state index in [9.17, 15) is 14.4 Å². The van der Waals surface area contributed by atoms with E-state index in [4.69, 9.17) is 18.9 Å². The lowest BCUT2D eigenvalue weighted by Gasteiger charge is -2.12. The lowest BCUT2D eigenvalue weighted by atomic mass is 10.1. The van der Waals surface area contributed by atoms with Crippen LogP contribution in [0.3, 0.4) is 0 Å². The lowest BCUT2D eigenvalue weighted by molar-refractivity contribution is -0.118. The van der Waals surface area contributed by atoms with Crippen molar-refractivity contribution in [3.63, 3.8) is 0 Å². The Hall–Kier alpha value is -3.55. The van der Waals surface area contributed by atoms with E-state index in [2.05, 4.69) is 5.32 Å². The van der Waals surface area contributed by atoms with Gasteiger partial charge in [-0.1, -0.05) is 12.1 Å². The number of hydrogen-bond acceptors (Lipinski definition) is 7. The third-order valence-corrected chi connectivity index (χ3v) is 3.67. The molecule has 1 amide bonds. The van der Waals surface area contributed by atoms with Crippen LogP contribution >= 0.6 is 0 Å². The van der Waals surface area contributed by atoms with E-state index in [1.807, 2.05) is 0 Å². The highest BCUT2D eigenvalue weighted by atomic mass is 16.5. The van der Waals surface area contributed by atoms with Crippen molar-refractivity contribution in [3.8, 4) is 11.5 Å². The molecule has 154 valence electrons. The minimum absolute atomic E-state index is 0.123. The number of benzene rings is 2. The molecule has 29 heavy (non-hydrogen) atoms. The molecule has 0 unspecified atom stereocenters. The van der Waals surface area contributed by atoms with Gasteiger partial charge in [-0.15, -0.1) is 0 Å². The highest BCUT2D eigenvalue weighted by molar-refractivity contribution is 5.99. The molecule has 2 aromatic rings. The highest BCUT2D eigenvalue weighted by Gasteiger charge is 2.16. The first-order chi connectivity index (χ1) is 14.0. The van der Waals surface area contributed by atoms with Gasteiger partial charge in [0.15, 0.2) is 18.1 Å². The van der Waals surface area contributed by atoms with Crippen LogP contribution in [0.2, 0.25) is 0 Å². The summed E-state index contributed by atoms with van der Waals surface area (Å²) in [6.45, 7) is 3.41. The molecule has 2 rings (SSSR count). The van der Waals surface area contributed by atoms with Gasteiger partial charge in [0.05, 0.1) is 31.5 Å². The van der Waals surface area contributed by atoms with Gasteiger partial charge in [-0.3, -0.25) is 4.79 Å². The number of nitrogens with one attached hydrogen (secondary N) is 1. The van der Waals surface area contributed by atoms with E-state index in [0.717, 1.165) is 0 Å². The van der Waals surface area contributed by atoms with Crippen LogP contribution in [0.25, 0.3) is 0 Å². The summed E-state index contributed by atoms with van der Waals surface area (Å²) in [4.78, 5) is 36.4. The molecule has 1 N–H and O–H groups in total. The number of ether oxygens (including phenoxy) is 4. The zero-order valence-corrected chi connectivity index (χ0v) is 16.5. The Morgan fingerprint density at radius 2 is 1.41 bits per heavy atom. The SMILES string of the molecule is CCOC(=O)c1cc(NC(=O)COc2ccccc2OC)cc(C(=O)OCC)c1. The summed E-state index contributed by atoms with van der Waals surface area (Å²) in [5.74, 6) is -0.794. The van der Waals surface area contributed by atoms with Gasteiger partial charge >= 0.3 is 11.9 Å². The molecule has 8 heteroatoms. The molecule has 0 aliphatic carbocycles. The maximum absolute atomic E-state index is 12.3. The number of carbonyl (C=O) groups is 3. The van der Waals surface area contributed by atoms with Crippen molar-refractivity contribution in [1.29, 1.82) is 0 Å². The van der Waals surface area contributed by atoms with E-state index in [-0.39, 0.29) is 36.6 Å². The molecule has 0 saturated heterocycles. The van der Waals surface area contributed by atoms with E-state index in [0.29, 0.717) is 11.5 Å². The molecule has 2 aromatic carbocycles. The topological polar surface area (TPSA) is 100 Å². The minimum atomic E-state index is -0.612. The Kier molecular flexibility index (Phi) is 8.02. The largest absolute Gasteiger partial charge is 0.493 e. The number of anilines is 1. The molecule has 0 bridgehead atoms. The van der Waals surface area contributed by atoms with Crippen molar-refractivity contribution < 1.29 is 33.3 Å². The average molecular weight is 401 g/mol. The standard InChI is InChI=1S/C21H23NO7/c1-4-27-20(24)14-10-15(21(25)28-5-2)12-16(11-14)22-19(23)13-29-18-9-7-6-8-17(18)26-3/h6-12H,4-5,13H2,1-3H3,(H,22,23). The molecule has 0 fully saturated rings. The molecular weight excluding hydrogens is 378 g/mol. The Morgan fingerprint density at radius 1 is 0.862 bits per heavy atom. The number of rotatable bonds is 9. The fraction of sp³-hybridized carbons (Fsp3) is 0.286. The monoisotopic (exact) mass is 401 g/mol. The third kappa shape index (κ3) is 6.24. The van der Waals surface area contributed by atoms with Crippen molar-refractivity contribution in [3.05, 3.63) is 53.6 Å². The third-order valence-electron chi connectivity index (χ3n) is 3.67. The maximum Gasteiger partial charge on any atom is 0.338 e.